The van der Waals surface area contributed by atoms with E-state index in [1.165, 1.54) is 11.1 Å². The summed E-state index contributed by atoms with van der Waals surface area (Å²) in [4.78, 5) is 11.2. The van der Waals surface area contributed by atoms with Gasteiger partial charge in [0.2, 0.25) is 0 Å². The first kappa shape index (κ1) is 16.7. The highest BCUT2D eigenvalue weighted by molar-refractivity contribution is 5.74. The molecule has 0 unspecified atom stereocenters. The fraction of sp³-hybridized carbons (Fsp3) is 0.650. The number of hydrogen-bond acceptors (Lipinski definition) is 3. The summed E-state index contributed by atoms with van der Waals surface area (Å²) < 4.78 is 0. The van der Waals surface area contributed by atoms with Crippen molar-refractivity contribution in [3.05, 3.63) is 34.4 Å². The van der Waals surface area contributed by atoms with Crippen LogP contribution in [0.3, 0.4) is 0 Å². The third-order valence-corrected chi connectivity index (χ3v) is 6.51. The second-order valence-corrected chi connectivity index (χ2v) is 8.07. The summed E-state index contributed by atoms with van der Waals surface area (Å²) in [7, 11) is 0. The predicted octanol–water partition coefficient (Wildman–Crippen LogP) is 3.33. The number of carbonyl (C=O) groups excluding carboxylic acids is 1. The first-order chi connectivity index (χ1) is 10.9. The van der Waals surface area contributed by atoms with Crippen LogP contribution in [-0.2, 0) is 4.79 Å². The summed E-state index contributed by atoms with van der Waals surface area (Å²) in [6.07, 6.45) is 8.43. The Morgan fingerprint density at radius 3 is 2.65 bits per heavy atom. The second kappa shape index (κ2) is 5.71. The average molecular weight is 316 g/mol. The fourth-order valence-corrected chi connectivity index (χ4v) is 4.82. The van der Waals surface area contributed by atoms with Gasteiger partial charge in [0.25, 0.3) is 0 Å². The van der Waals surface area contributed by atoms with E-state index < -0.39 is 6.10 Å². The van der Waals surface area contributed by atoms with Crippen LogP contribution < -0.4 is 0 Å². The molecule has 3 aliphatic rings. The van der Waals surface area contributed by atoms with Crippen LogP contribution in [0.4, 0.5) is 0 Å². The van der Waals surface area contributed by atoms with E-state index in [4.69, 9.17) is 0 Å². The molecular weight excluding hydrogens is 288 g/mol. The second-order valence-electron chi connectivity index (χ2n) is 8.07. The zero-order chi connectivity index (χ0) is 16.8. The van der Waals surface area contributed by atoms with Crippen LogP contribution in [0.15, 0.2) is 34.4 Å². The van der Waals surface area contributed by atoms with E-state index in [1.807, 2.05) is 12.2 Å². The summed E-state index contributed by atoms with van der Waals surface area (Å²) >= 11 is 0. The lowest BCUT2D eigenvalue weighted by atomic mass is 9.57. The number of aldehydes is 1. The van der Waals surface area contributed by atoms with Crippen LogP contribution in [-0.4, -0.2) is 29.2 Å². The number of fused-ring (bicyclic) bond motifs is 3. The monoisotopic (exact) mass is 316 g/mol. The van der Waals surface area contributed by atoms with E-state index in [0.29, 0.717) is 17.9 Å². The molecule has 3 nitrogen and oxygen atoms in total. The topological polar surface area (TPSA) is 57.5 Å². The van der Waals surface area contributed by atoms with Crippen LogP contribution in [0.25, 0.3) is 0 Å². The molecule has 0 amide bonds. The zero-order valence-electron chi connectivity index (χ0n) is 14.4. The minimum atomic E-state index is -0.550. The first-order valence-corrected chi connectivity index (χ1v) is 8.77. The molecular formula is C20H28O3. The third kappa shape index (κ3) is 2.36. The largest absolute Gasteiger partial charge is 0.395 e. The summed E-state index contributed by atoms with van der Waals surface area (Å²) in [6, 6.07) is 0. The van der Waals surface area contributed by atoms with Gasteiger partial charge in [-0.3, -0.25) is 4.79 Å². The summed E-state index contributed by atoms with van der Waals surface area (Å²) in [5.41, 5.74) is 4.03. The summed E-state index contributed by atoms with van der Waals surface area (Å²) in [5.74, 6) is 0.441. The Balaban J connectivity index is 2.21. The third-order valence-electron chi connectivity index (χ3n) is 6.51. The molecule has 1 saturated carbocycles. The van der Waals surface area contributed by atoms with Gasteiger partial charge in [0.1, 0.15) is 6.29 Å². The number of aliphatic hydroxyl groups excluding tert-OH is 2. The highest BCUT2D eigenvalue weighted by Crippen LogP contribution is 2.61. The van der Waals surface area contributed by atoms with Crippen molar-refractivity contribution in [2.45, 2.75) is 59.0 Å². The van der Waals surface area contributed by atoms with Crippen LogP contribution in [0.5, 0.6) is 0 Å². The van der Waals surface area contributed by atoms with Crippen LogP contribution in [0, 0.1) is 16.7 Å². The molecule has 0 saturated heterocycles. The molecule has 0 aliphatic heterocycles. The summed E-state index contributed by atoms with van der Waals surface area (Å²) in [5, 5.41) is 21.0. The van der Waals surface area contributed by atoms with Crippen molar-refractivity contribution in [2.24, 2.45) is 16.7 Å². The van der Waals surface area contributed by atoms with E-state index in [2.05, 4.69) is 20.8 Å². The van der Waals surface area contributed by atoms with Gasteiger partial charge in [0.15, 0.2) is 0 Å². The molecule has 3 atom stereocenters. The molecule has 23 heavy (non-hydrogen) atoms. The normalized spacial score (nSPS) is 37.0. The van der Waals surface area contributed by atoms with E-state index in [9.17, 15) is 15.0 Å². The van der Waals surface area contributed by atoms with Crippen molar-refractivity contribution >= 4 is 6.29 Å². The average Bonchev–Trinajstić information content (AvgIpc) is 2.87. The smallest absolute Gasteiger partial charge is 0.146 e. The molecule has 0 bridgehead atoms. The Kier molecular flexibility index (Phi) is 4.14. The quantitative estimate of drug-likeness (QED) is 0.785. The van der Waals surface area contributed by atoms with Crippen molar-refractivity contribution in [2.75, 3.05) is 6.61 Å². The maximum atomic E-state index is 11.2. The van der Waals surface area contributed by atoms with Gasteiger partial charge in [-0.15, -0.1) is 0 Å². The number of rotatable bonds is 3. The van der Waals surface area contributed by atoms with Crippen molar-refractivity contribution in [1.29, 1.82) is 0 Å². The van der Waals surface area contributed by atoms with Crippen LogP contribution >= 0.6 is 0 Å². The lowest BCUT2D eigenvalue weighted by molar-refractivity contribution is -0.105. The van der Waals surface area contributed by atoms with Gasteiger partial charge in [-0.1, -0.05) is 38.5 Å². The highest BCUT2D eigenvalue weighted by Gasteiger charge is 2.53. The lowest BCUT2D eigenvalue weighted by Gasteiger charge is -2.48. The van der Waals surface area contributed by atoms with Crippen molar-refractivity contribution in [3.63, 3.8) is 0 Å². The van der Waals surface area contributed by atoms with Gasteiger partial charge < -0.3 is 10.2 Å². The van der Waals surface area contributed by atoms with Gasteiger partial charge >= 0.3 is 0 Å². The van der Waals surface area contributed by atoms with Crippen molar-refractivity contribution in [3.8, 4) is 0 Å². The molecule has 0 heterocycles. The number of carbonyl (C=O) groups is 1. The molecule has 3 heteroatoms. The Labute approximate surface area is 138 Å². The number of aliphatic hydroxyl groups is 2. The summed E-state index contributed by atoms with van der Waals surface area (Å²) in [6.45, 7) is 6.71. The zero-order valence-corrected chi connectivity index (χ0v) is 14.4. The Bertz CT molecular complexity index is 610. The molecule has 0 radical (unpaired) electrons. The SMILES string of the molecule is CC(C)C1=C2C3=CC=C(C=O)C[C@H](O)[C@]3(C)CC[C@@]2(CO)CC1. The maximum absolute atomic E-state index is 11.2. The van der Waals surface area contributed by atoms with Crippen LogP contribution in [0.2, 0.25) is 0 Å². The standard InChI is InChI=1S/C20H28O3/c1-13(2)15-6-7-20(12-22)9-8-19(3)16(18(15)20)5-4-14(11-21)10-17(19)23/h4-5,11,13,17,22-23H,6-10,12H2,1-3H3/t17-,19+,20+/m0/s1. The molecule has 2 N–H and O–H groups in total. The Morgan fingerprint density at radius 1 is 1.30 bits per heavy atom. The molecule has 0 aromatic carbocycles. The molecule has 0 spiro atoms. The van der Waals surface area contributed by atoms with Gasteiger partial charge in [-0.05, 0) is 48.3 Å². The fourth-order valence-electron chi connectivity index (χ4n) is 4.82. The van der Waals surface area contributed by atoms with E-state index in [0.717, 1.165) is 37.5 Å². The van der Waals surface area contributed by atoms with E-state index in [1.54, 1.807) is 0 Å². The molecule has 3 aliphatic carbocycles. The van der Waals surface area contributed by atoms with Gasteiger partial charge in [0.05, 0.1) is 12.7 Å². The molecule has 0 aromatic heterocycles. The Hall–Kier alpha value is -1.19. The van der Waals surface area contributed by atoms with Gasteiger partial charge in [0, 0.05) is 17.3 Å². The van der Waals surface area contributed by atoms with Gasteiger partial charge in [-0.25, -0.2) is 0 Å². The number of hydrogen-bond donors (Lipinski definition) is 2. The molecule has 3 rings (SSSR count). The van der Waals surface area contributed by atoms with Gasteiger partial charge in [-0.2, -0.15) is 0 Å². The van der Waals surface area contributed by atoms with Crippen molar-refractivity contribution in [1.82, 2.24) is 0 Å². The predicted molar refractivity (Wildman–Crippen MR) is 90.8 cm³/mol. The minimum absolute atomic E-state index is 0.149. The van der Waals surface area contributed by atoms with E-state index in [-0.39, 0.29) is 17.4 Å². The van der Waals surface area contributed by atoms with Crippen LogP contribution in [0.1, 0.15) is 52.9 Å². The highest BCUT2D eigenvalue weighted by atomic mass is 16.3. The number of allylic oxidation sites excluding steroid dienone is 3. The molecule has 0 aromatic rings. The van der Waals surface area contributed by atoms with E-state index >= 15 is 0 Å². The lowest BCUT2D eigenvalue weighted by Crippen LogP contribution is -2.44. The first-order valence-electron chi connectivity index (χ1n) is 8.77. The van der Waals surface area contributed by atoms with Crippen molar-refractivity contribution < 1.29 is 15.0 Å². The molecule has 126 valence electrons. The minimum Gasteiger partial charge on any atom is -0.395 e. The maximum Gasteiger partial charge on any atom is 0.146 e. The Morgan fingerprint density at radius 2 is 2.04 bits per heavy atom. The molecule has 1 fully saturated rings.